The van der Waals surface area contributed by atoms with E-state index in [9.17, 15) is 14.7 Å². The lowest BCUT2D eigenvalue weighted by Crippen LogP contribution is -2.47. The van der Waals surface area contributed by atoms with Crippen molar-refractivity contribution >= 4 is 23.8 Å². The summed E-state index contributed by atoms with van der Waals surface area (Å²) < 4.78 is 0. The van der Waals surface area contributed by atoms with Crippen molar-refractivity contribution in [2.45, 2.75) is 51.0 Å². The highest BCUT2D eigenvalue weighted by atomic mass is 32.2. The number of carboxylic acids is 1. The van der Waals surface area contributed by atoms with Gasteiger partial charge in [-0.05, 0) is 37.7 Å². The van der Waals surface area contributed by atoms with Crippen LogP contribution >= 0.6 is 11.8 Å². The van der Waals surface area contributed by atoms with Gasteiger partial charge in [-0.15, -0.1) is 0 Å². The van der Waals surface area contributed by atoms with Gasteiger partial charge in [-0.2, -0.15) is 11.8 Å². The molecule has 0 bridgehead atoms. The maximum absolute atomic E-state index is 11.8. The van der Waals surface area contributed by atoms with Crippen LogP contribution in [0.4, 0.5) is 4.79 Å². The molecule has 1 saturated carbocycles. The van der Waals surface area contributed by atoms with Crippen LogP contribution in [0.1, 0.15) is 44.9 Å². The van der Waals surface area contributed by atoms with Crippen LogP contribution < -0.4 is 10.6 Å². The van der Waals surface area contributed by atoms with Gasteiger partial charge in [0.25, 0.3) is 0 Å². The topological polar surface area (TPSA) is 78.4 Å². The monoisotopic (exact) mass is 302 g/mol. The van der Waals surface area contributed by atoms with Gasteiger partial charge in [-0.25, -0.2) is 4.79 Å². The summed E-state index contributed by atoms with van der Waals surface area (Å²) in [6.45, 7) is 0.650. The number of hydrogen-bond donors (Lipinski definition) is 3. The van der Waals surface area contributed by atoms with Crippen molar-refractivity contribution in [3.8, 4) is 0 Å². The second-order valence-electron chi connectivity index (χ2n) is 5.29. The van der Waals surface area contributed by atoms with Gasteiger partial charge >= 0.3 is 12.0 Å². The summed E-state index contributed by atoms with van der Waals surface area (Å²) >= 11 is 1.80. The van der Waals surface area contributed by atoms with Gasteiger partial charge < -0.3 is 15.7 Å². The van der Waals surface area contributed by atoms with E-state index in [0.29, 0.717) is 13.0 Å². The summed E-state index contributed by atoms with van der Waals surface area (Å²) in [7, 11) is 0. The average Bonchev–Trinajstić information content (AvgIpc) is 2.64. The summed E-state index contributed by atoms with van der Waals surface area (Å²) in [5.41, 5.74) is 0. The quantitative estimate of drug-likeness (QED) is 0.498. The Morgan fingerprint density at radius 2 is 1.95 bits per heavy atom. The van der Waals surface area contributed by atoms with Gasteiger partial charge in [0.1, 0.15) is 0 Å². The summed E-state index contributed by atoms with van der Waals surface area (Å²) in [5, 5.41) is 14.9. The Morgan fingerprint density at radius 3 is 2.65 bits per heavy atom. The molecule has 0 spiro atoms. The van der Waals surface area contributed by atoms with Crippen LogP contribution in [0.15, 0.2) is 0 Å². The van der Waals surface area contributed by atoms with Gasteiger partial charge in [0, 0.05) is 12.6 Å². The first-order valence-corrected chi connectivity index (χ1v) is 8.80. The molecule has 116 valence electrons. The van der Waals surface area contributed by atoms with Gasteiger partial charge in [-0.3, -0.25) is 4.79 Å². The molecule has 20 heavy (non-hydrogen) atoms. The molecule has 2 atom stereocenters. The number of hydrogen-bond acceptors (Lipinski definition) is 3. The molecule has 0 aromatic heterocycles. The van der Waals surface area contributed by atoms with E-state index in [1.54, 1.807) is 11.8 Å². The largest absolute Gasteiger partial charge is 0.481 e. The number of nitrogens with one attached hydrogen (secondary N) is 2. The Morgan fingerprint density at radius 1 is 1.20 bits per heavy atom. The molecule has 0 radical (unpaired) electrons. The second-order valence-corrected chi connectivity index (χ2v) is 6.27. The highest BCUT2D eigenvalue weighted by Gasteiger charge is 2.30. The lowest BCUT2D eigenvalue weighted by molar-refractivity contribution is -0.142. The van der Waals surface area contributed by atoms with E-state index < -0.39 is 11.9 Å². The van der Waals surface area contributed by atoms with Crippen molar-refractivity contribution in [3.63, 3.8) is 0 Å². The molecule has 5 nitrogen and oxygen atoms in total. The smallest absolute Gasteiger partial charge is 0.315 e. The van der Waals surface area contributed by atoms with Crippen molar-refractivity contribution in [3.05, 3.63) is 0 Å². The summed E-state index contributed by atoms with van der Waals surface area (Å²) in [5.74, 6) is -0.135. The van der Waals surface area contributed by atoms with Crippen LogP contribution in [0, 0.1) is 5.92 Å². The lowest BCUT2D eigenvalue weighted by Gasteiger charge is -2.23. The van der Waals surface area contributed by atoms with Crippen LogP contribution in [-0.4, -0.2) is 41.7 Å². The molecule has 3 N–H and O–H groups in total. The molecule has 1 aliphatic rings. The summed E-state index contributed by atoms with van der Waals surface area (Å²) in [4.78, 5) is 23.1. The first-order valence-electron chi connectivity index (χ1n) is 7.41. The van der Waals surface area contributed by atoms with Crippen molar-refractivity contribution in [1.82, 2.24) is 10.6 Å². The third-order valence-electron chi connectivity index (χ3n) is 3.71. The molecular weight excluding hydrogens is 276 g/mol. The SMILES string of the molecule is CSCCCCNC(=O)NC1CCCCCC1C(=O)O. The Hall–Kier alpha value is -0.910. The van der Waals surface area contributed by atoms with Crippen LogP contribution in [-0.2, 0) is 4.79 Å². The number of carbonyl (C=O) groups is 2. The third kappa shape index (κ3) is 6.50. The van der Waals surface area contributed by atoms with E-state index in [1.807, 2.05) is 0 Å². The predicted octanol–water partition coefficient (Wildman–Crippen LogP) is 2.46. The minimum atomic E-state index is -0.794. The zero-order valence-electron chi connectivity index (χ0n) is 12.2. The lowest BCUT2D eigenvalue weighted by atomic mass is 9.95. The Bertz CT molecular complexity index is 313. The van der Waals surface area contributed by atoms with Gasteiger partial charge in [-0.1, -0.05) is 19.3 Å². The Kier molecular flexibility index (Phi) is 8.49. The Labute approximate surface area is 125 Å². The number of carboxylic acid groups (broad SMARTS) is 1. The number of urea groups is 1. The molecule has 0 aromatic carbocycles. The van der Waals surface area contributed by atoms with E-state index in [-0.39, 0.29) is 12.1 Å². The zero-order chi connectivity index (χ0) is 14.8. The van der Waals surface area contributed by atoms with Crippen LogP contribution in [0.25, 0.3) is 0 Å². The molecule has 1 fully saturated rings. The van der Waals surface area contributed by atoms with Gasteiger partial charge in [0.05, 0.1) is 5.92 Å². The molecule has 0 heterocycles. The average molecular weight is 302 g/mol. The minimum absolute atomic E-state index is 0.229. The van der Waals surface area contributed by atoms with Crippen LogP contribution in [0.2, 0.25) is 0 Å². The van der Waals surface area contributed by atoms with Crippen molar-refractivity contribution in [1.29, 1.82) is 0 Å². The van der Waals surface area contributed by atoms with E-state index in [2.05, 4.69) is 16.9 Å². The van der Waals surface area contributed by atoms with E-state index >= 15 is 0 Å². The third-order valence-corrected chi connectivity index (χ3v) is 4.41. The molecule has 1 rings (SSSR count). The zero-order valence-corrected chi connectivity index (χ0v) is 13.0. The molecule has 0 aliphatic heterocycles. The maximum atomic E-state index is 11.8. The van der Waals surface area contributed by atoms with Crippen molar-refractivity contribution in [2.24, 2.45) is 5.92 Å². The molecular formula is C14H26N2O3S. The Balaban J connectivity index is 2.31. The number of unbranched alkanes of at least 4 members (excludes halogenated alkanes) is 1. The predicted molar refractivity (Wildman–Crippen MR) is 82.1 cm³/mol. The number of rotatable bonds is 7. The summed E-state index contributed by atoms with van der Waals surface area (Å²) in [6, 6.07) is -0.464. The first-order chi connectivity index (χ1) is 9.65. The van der Waals surface area contributed by atoms with Crippen molar-refractivity contribution in [2.75, 3.05) is 18.6 Å². The summed E-state index contributed by atoms with van der Waals surface area (Å²) in [6.07, 6.45) is 8.51. The standard InChI is InChI=1S/C14H26N2O3S/c1-20-10-6-5-9-15-14(19)16-12-8-4-2-3-7-11(12)13(17)18/h11-12H,2-10H2,1H3,(H,17,18)(H2,15,16,19). The fraction of sp³-hybridized carbons (Fsp3) is 0.857. The highest BCUT2D eigenvalue weighted by molar-refractivity contribution is 7.98. The normalized spacial score (nSPS) is 22.9. The molecule has 1 aliphatic carbocycles. The van der Waals surface area contributed by atoms with E-state index in [1.165, 1.54) is 0 Å². The number of aliphatic carboxylic acids is 1. The number of amides is 2. The molecule has 0 saturated heterocycles. The van der Waals surface area contributed by atoms with Gasteiger partial charge in [0.15, 0.2) is 0 Å². The molecule has 0 aromatic rings. The van der Waals surface area contributed by atoms with Crippen molar-refractivity contribution < 1.29 is 14.7 Å². The first kappa shape index (κ1) is 17.1. The van der Waals surface area contributed by atoms with Crippen LogP contribution in [0.5, 0.6) is 0 Å². The fourth-order valence-electron chi connectivity index (χ4n) is 2.57. The van der Waals surface area contributed by atoms with E-state index in [4.69, 9.17) is 0 Å². The number of thioether (sulfide) groups is 1. The maximum Gasteiger partial charge on any atom is 0.315 e. The van der Waals surface area contributed by atoms with Gasteiger partial charge in [0.2, 0.25) is 0 Å². The molecule has 2 amide bonds. The van der Waals surface area contributed by atoms with Crippen LogP contribution in [0.3, 0.4) is 0 Å². The number of carbonyl (C=O) groups excluding carboxylic acids is 1. The van der Waals surface area contributed by atoms with E-state index in [0.717, 1.165) is 44.3 Å². The molecule has 2 unspecified atom stereocenters. The minimum Gasteiger partial charge on any atom is -0.481 e. The molecule has 6 heteroatoms. The fourth-order valence-corrected chi connectivity index (χ4v) is 3.06. The highest BCUT2D eigenvalue weighted by Crippen LogP contribution is 2.23. The second kappa shape index (κ2) is 9.91.